The fraction of sp³-hybridized carbons (Fsp3) is 1.00. The van der Waals surface area contributed by atoms with Crippen LogP contribution in [0.3, 0.4) is 0 Å². The van der Waals surface area contributed by atoms with E-state index < -0.39 is 0 Å². The van der Waals surface area contributed by atoms with Crippen molar-refractivity contribution < 1.29 is 0 Å². The Bertz CT molecular complexity index is 250. The van der Waals surface area contributed by atoms with E-state index in [-0.39, 0.29) is 0 Å². The van der Waals surface area contributed by atoms with Gasteiger partial charge in [-0.05, 0) is 33.0 Å². The molecule has 0 aromatic rings. The molecule has 2 unspecified atom stereocenters. The van der Waals surface area contributed by atoms with Gasteiger partial charge in [-0.1, -0.05) is 39.0 Å². The highest BCUT2D eigenvalue weighted by molar-refractivity contribution is 4.90. The Morgan fingerprint density at radius 2 is 1.84 bits per heavy atom. The average Bonchev–Trinajstić information content (AvgIpc) is 2.42. The van der Waals surface area contributed by atoms with Gasteiger partial charge in [-0.3, -0.25) is 4.90 Å². The number of likely N-dealkylation sites (N-methyl/N-ethyl adjacent to an activating group) is 3. The van der Waals surface area contributed by atoms with Crippen LogP contribution in [0.4, 0.5) is 0 Å². The van der Waals surface area contributed by atoms with Crippen molar-refractivity contribution in [3.8, 4) is 0 Å². The van der Waals surface area contributed by atoms with E-state index in [1.165, 1.54) is 58.2 Å². The fourth-order valence-corrected chi connectivity index (χ4v) is 3.90. The summed E-state index contributed by atoms with van der Waals surface area (Å²) < 4.78 is 0. The third kappa shape index (κ3) is 4.44. The topological polar surface area (TPSA) is 18.5 Å². The number of hydrogen-bond acceptors (Lipinski definition) is 3. The second kappa shape index (κ2) is 7.61. The van der Waals surface area contributed by atoms with Gasteiger partial charge >= 0.3 is 0 Å². The maximum absolute atomic E-state index is 3.78. The van der Waals surface area contributed by atoms with Crippen molar-refractivity contribution in [2.24, 2.45) is 5.92 Å². The number of nitrogens with one attached hydrogen (secondary N) is 1. The quantitative estimate of drug-likeness (QED) is 0.824. The van der Waals surface area contributed by atoms with Crippen molar-refractivity contribution in [2.45, 2.75) is 57.5 Å². The summed E-state index contributed by atoms with van der Waals surface area (Å²) in [5.41, 5.74) is 0. The molecular weight excluding hydrogens is 234 g/mol. The molecule has 1 saturated heterocycles. The summed E-state index contributed by atoms with van der Waals surface area (Å²) in [5.74, 6) is 0.971. The van der Waals surface area contributed by atoms with E-state index in [0.717, 1.165) is 12.5 Å². The highest BCUT2D eigenvalue weighted by atomic mass is 15.3. The molecule has 112 valence electrons. The lowest BCUT2D eigenvalue weighted by atomic mass is 9.82. The predicted molar refractivity (Wildman–Crippen MR) is 82.6 cm³/mol. The molecule has 0 bridgehead atoms. The SMILES string of the molecule is CCNC(CC1CCCCC1)C1CN(C)CCN1C. The monoisotopic (exact) mass is 267 g/mol. The first-order valence-corrected chi connectivity index (χ1v) is 8.33. The van der Waals surface area contributed by atoms with Crippen LogP contribution < -0.4 is 5.32 Å². The first-order valence-electron chi connectivity index (χ1n) is 8.33. The smallest absolute Gasteiger partial charge is 0.0374 e. The molecule has 1 aliphatic heterocycles. The summed E-state index contributed by atoms with van der Waals surface area (Å²) >= 11 is 0. The van der Waals surface area contributed by atoms with E-state index in [9.17, 15) is 0 Å². The number of hydrogen-bond donors (Lipinski definition) is 1. The minimum absolute atomic E-state index is 0.681. The van der Waals surface area contributed by atoms with Crippen LogP contribution in [0, 0.1) is 5.92 Å². The normalized spacial score (nSPS) is 29.5. The van der Waals surface area contributed by atoms with Crippen LogP contribution in [0.15, 0.2) is 0 Å². The Morgan fingerprint density at radius 3 is 2.53 bits per heavy atom. The standard InChI is InChI=1S/C16H33N3/c1-4-17-15(12-14-8-6-5-7-9-14)16-13-18(2)10-11-19(16)3/h14-17H,4-13H2,1-3H3. The molecule has 0 radical (unpaired) electrons. The molecule has 0 amide bonds. The molecule has 0 aromatic carbocycles. The highest BCUT2D eigenvalue weighted by Crippen LogP contribution is 2.29. The molecule has 0 spiro atoms. The van der Waals surface area contributed by atoms with E-state index in [1.54, 1.807) is 0 Å². The largest absolute Gasteiger partial charge is 0.313 e. The summed E-state index contributed by atoms with van der Waals surface area (Å²) in [5, 5.41) is 3.78. The van der Waals surface area contributed by atoms with Crippen LogP contribution in [0.25, 0.3) is 0 Å². The molecule has 1 aliphatic carbocycles. The molecule has 2 atom stereocenters. The van der Waals surface area contributed by atoms with Crippen LogP contribution >= 0.6 is 0 Å². The van der Waals surface area contributed by atoms with Crippen LogP contribution in [-0.4, -0.2) is 62.2 Å². The fourth-order valence-electron chi connectivity index (χ4n) is 3.90. The maximum atomic E-state index is 3.78. The van der Waals surface area contributed by atoms with Gasteiger partial charge in [-0.15, -0.1) is 0 Å². The van der Waals surface area contributed by atoms with Crippen molar-refractivity contribution in [3.05, 3.63) is 0 Å². The lowest BCUT2D eigenvalue weighted by molar-refractivity contribution is 0.0782. The lowest BCUT2D eigenvalue weighted by Crippen LogP contribution is -2.59. The van der Waals surface area contributed by atoms with E-state index in [1.807, 2.05) is 0 Å². The third-order valence-corrected chi connectivity index (χ3v) is 5.14. The number of nitrogens with zero attached hydrogens (tertiary/aromatic N) is 2. The van der Waals surface area contributed by atoms with Gasteiger partial charge in [0.25, 0.3) is 0 Å². The molecule has 1 N–H and O–H groups in total. The minimum atomic E-state index is 0.681. The summed E-state index contributed by atoms with van der Waals surface area (Å²) in [4.78, 5) is 5.08. The number of rotatable bonds is 5. The Kier molecular flexibility index (Phi) is 6.11. The average molecular weight is 267 g/mol. The van der Waals surface area contributed by atoms with Gasteiger partial charge in [0.1, 0.15) is 0 Å². The highest BCUT2D eigenvalue weighted by Gasteiger charge is 2.31. The third-order valence-electron chi connectivity index (χ3n) is 5.14. The van der Waals surface area contributed by atoms with Gasteiger partial charge in [-0.25, -0.2) is 0 Å². The van der Waals surface area contributed by atoms with E-state index >= 15 is 0 Å². The van der Waals surface area contributed by atoms with Gasteiger partial charge in [-0.2, -0.15) is 0 Å². The second-order valence-corrected chi connectivity index (χ2v) is 6.71. The maximum Gasteiger partial charge on any atom is 0.0374 e. The van der Waals surface area contributed by atoms with E-state index in [0.29, 0.717) is 12.1 Å². The summed E-state index contributed by atoms with van der Waals surface area (Å²) in [6.07, 6.45) is 8.71. The van der Waals surface area contributed by atoms with Crippen molar-refractivity contribution >= 4 is 0 Å². The van der Waals surface area contributed by atoms with Crippen LogP contribution in [-0.2, 0) is 0 Å². The van der Waals surface area contributed by atoms with E-state index in [2.05, 4.69) is 36.1 Å². The van der Waals surface area contributed by atoms with Crippen molar-refractivity contribution in [1.82, 2.24) is 15.1 Å². The zero-order valence-corrected chi connectivity index (χ0v) is 13.2. The minimum Gasteiger partial charge on any atom is -0.313 e. The predicted octanol–water partition coefficient (Wildman–Crippen LogP) is 2.18. The Balaban J connectivity index is 1.92. The first-order chi connectivity index (χ1) is 9.20. The summed E-state index contributed by atoms with van der Waals surface area (Å²) in [6, 6.07) is 1.38. The van der Waals surface area contributed by atoms with Crippen LogP contribution in [0.1, 0.15) is 45.4 Å². The Hall–Kier alpha value is -0.120. The van der Waals surface area contributed by atoms with Crippen molar-refractivity contribution in [1.29, 1.82) is 0 Å². The first kappa shape index (κ1) is 15.3. The van der Waals surface area contributed by atoms with Crippen molar-refractivity contribution in [2.75, 3.05) is 40.3 Å². The zero-order valence-electron chi connectivity index (χ0n) is 13.2. The molecule has 3 nitrogen and oxygen atoms in total. The molecule has 1 heterocycles. The van der Waals surface area contributed by atoms with Gasteiger partial charge in [0.05, 0.1) is 0 Å². The molecule has 3 heteroatoms. The molecule has 2 aliphatic rings. The van der Waals surface area contributed by atoms with Gasteiger partial charge in [0.2, 0.25) is 0 Å². The molecule has 0 aromatic heterocycles. The van der Waals surface area contributed by atoms with Gasteiger partial charge < -0.3 is 10.2 Å². The lowest BCUT2D eigenvalue weighted by Gasteiger charge is -2.43. The molecule has 2 rings (SSSR count). The Labute approximate surface area is 119 Å². The van der Waals surface area contributed by atoms with Crippen LogP contribution in [0.5, 0.6) is 0 Å². The van der Waals surface area contributed by atoms with Crippen molar-refractivity contribution in [3.63, 3.8) is 0 Å². The summed E-state index contributed by atoms with van der Waals surface area (Å²) in [6.45, 7) is 7.01. The molecular formula is C16H33N3. The molecule has 1 saturated carbocycles. The number of piperazine rings is 1. The van der Waals surface area contributed by atoms with Gasteiger partial charge in [0.15, 0.2) is 0 Å². The van der Waals surface area contributed by atoms with E-state index in [4.69, 9.17) is 0 Å². The molecule has 19 heavy (non-hydrogen) atoms. The Morgan fingerprint density at radius 1 is 1.11 bits per heavy atom. The zero-order chi connectivity index (χ0) is 13.7. The summed E-state index contributed by atoms with van der Waals surface area (Å²) in [7, 11) is 4.58. The van der Waals surface area contributed by atoms with Crippen LogP contribution in [0.2, 0.25) is 0 Å². The van der Waals surface area contributed by atoms with Gasteiger partial charge in [0, 0.05) is 31.7 Å². The molecule has 2 fully saturated rings. The second-order valence-electron chi connectivity index (χ2n) is 6.71.